The number of nitrogens with zero attached hydrogens (tertiary/aromatic N) is 4. The Labute approximate surface area is 151 Å². The SMILES string of the molecule is CCC(C(=O)Nc1ccc(Br)c2cccnc12)n1cc([N+](=O)[O-])cn1. The van der Waals surface area contributed by atoms with Crippen molar-refractivity contribution in [3.8, 4) is 0 Å². The molecule has 1 atom stereocenters. The Balaban J connectivity index is 1.90. The average Bonchev–Trinajstić information content (AvgIpc) is 3.08. The lowest BCUT2D eigenvalue weighted by Gasteiger charge is -2.16. The lowest BCUT2D eigenvalue weighted by molar-refractivity contribution is -0.385. The molecule has 3 aromatic rings. The summed E-state index contributed by atoms with van der Waals surface area (Å²) >= 11 is 3.46. The molecule has 2 heterocycles. The lowest BCUT2D eigenvalue weighted by Crippen LogP contribution is -2.26. The van der Waals surface area contributed by atoms with Gasteiger partial charge in [0.05, 0.1) is 16.1 Å². The van der Waals surface area contributed by atoms with Crippen molar-refractivity contribution in [3.63, 3.8) is 0 Å². The molecule has 0 saturated heterocycles. The van der Waals surface area contributed by atoms with Gasteiger partial charge in [-0.15, -0.1) is 0 Å². The summed E-state index contributed by atoms with van der Waals surface area (Å²) in [4.78, 5) is 27.3. The van der Waals surface area contributed by atoms with Gasteiger partial charge >= 0.3 is 5.69 Å². The number of carbonyl (C=O) groups excluding carboxylic acids is 1. The minimum absolute atomic E-state index is 0.151. The van der Waals surface area contributed by atoms with Crippen molar-refractivity contribution in [2.75, 3.05) is 5.32 Å². The number of fused-ring (bicyclic) bond motifs is 1. The van der Waals surface area contributed by atoms with Crippen LogP contribution in [-0.4, -0.2) is 25.6 Å². The Morgan fingerprint density at radius 1 is 1.44 bits per heavy atom. The van der Waals surface area contributed by atoms with E-state index in [1.165, 1.54) is 10.9 Å². The Bertz CT molecular complexity index is 956. The smallest absolute Gasteiger partial charge is 0.307 e. The van der Waals surface area contributed by atoms with Crippen molar-refractivity contribution in [1.29, 1.82) is 0 Å². The first-order chi connectivity index (χ1) is 12.0. The summed E-state index contributed by atoms with van der Waals surface area (Å²) in [5.74, 6) is -0.310. The van der Waals surface area contributed by atoms with Crippen LogP contribution in [0.5, 0.6) is 0 Å². The number of aromatic nitrogens is 3. The van der Waals surface area contributed by atoms with E-state index in [4.69, 9.17) is 0 Å². The molecule has 1 unspecified atom stereocenters. The maximum atomic E-state index is 12.7. The van der Waals surface area contributed by atoms with E-state index in [-0.39, 0.29) is 11.6 Å². The van der Waals surface area contributed by atoms with Crippen LogP contribution in [-0.2, 0) is 4.79 Å². The van der Waals surface area contributed by atoms with E-state index < -0.39 is 11.0 Å². The summed E-state index contributed by atoms with van der Waals surface area (Å²) in [7, 11) is 0. The zero-order valence-electron chi connectivity index (χ0n) is 13.2. The van der Waals surface area contributed by atoms with Gasteiger partial charge in [-0.25, -0.2) is 0 Å². The number of benzene rings is 1. The highest BCUT2D eigenvalue weighted by atomic mass is 79.9. The molecule has 0 bridgehead atoms. The highest BCUT2D eigenvalue weighted by Gasteiger charge is 2.22. The number of nitro groups is 1. The number of carbonyl (C=O) groups is 1. The number of amides is 1. The highest BCUT2D eigenvalue weighted by molar-refractivity contribution is 9.10. The fourth-order valence-electron chi connectivity index (χ4n) is 2.54. The number of pyridine rings is 1. The van der Waals surface area contributed by atoms with Gasteiger partial charge in [0.25, 0.3) is 0 Å². The van der Waals surface area contributed by atoms with Crippen molar-refractivity contribution in [3.05, 3.63) is 57.4 Å². The molecule has 0 saturated carbocycles. The van der Waals surface area contributed by atoms with Crippen LogP contribution < -0.4 is 5.32 Å². The van der Waals surface area contributed by atoms with Crippen LogP contribution >= 0.6 is 15.9 Å². The molecule has 0 fully saturated rings. The predicted molar refractivity (Wildman–Crippen MR) is 96.3 cm³/mol. The second kappa shape index (κ2) is 6.98. The summed E-state index contributed by atoms with van der Waals surface area (Å²) in [5, 5.41) is 18.5. The molecule has 1 N–H and O–H groups in total. The van der Waals surface area contributed by atoms with Gasteiger partial charge in [0.15, 0.2) is 0 Å². The van der Waals surface area contributed by atoms with Crippen LogP contribution in [0.4, 0.5) is 11.4 Å². The van der Waals surface area contributed by atoms with Crippen molar-refractivity contribution in [2.24, 2.45) is 0 Å². The van der Waals surface area contributed by atoms with E-state index in [1.54, 1.807) is 12.3 Å². The van der Waals surface area contributed by atoms with Gasteiger partial charge in [0.1, 0.15) is 18.4 Å². The van der Waals surface area contributed by atoms with E-state index in [9.17, 15) is 14.9 Å². The minimum atomic E-state index is -0.656. The molecule has 25 heavy (non-hydrogen) atoms. The van der Waals surface area contributed by atoms with Crippen molar-refractivity contribution in [2.45, 2.75) is 19.4 Å². The lowest BCUT2D eigenvalue weighted by atomic mass is 10.1. The van der Waals surface area contributed by atoms with E-state index in [0.717, 1.165) is 16.1 Å². The Hall–Kier alpha value is -2.81. The van der Waals surface area contributed by atoms with Gasteiger partial charge in [-0.05, 0) is 24.6 Å². The average molecular weight is 404 g/mol. The summed E-state index contributed by atoms with van der Waals surface area (Å²) in [6.07, 6.45) is 4.48. The Kier molecular flexibility index (Phi) is 4.75. The third-order valence-corrected chi connectivity index (χ3v) is 4.47. The van der Waals surface area contributed by atoms with Gasteiger partial charge in [0.2, 0.25) is 5.91 Å². The number of nitrogens with one attached hydrogen (secondary N) is 1. The molecule has 128 valence electrons. The zero-order valence-corrected chi connectivity index (χ0v) is 14.8. The summed E-state index contributed by atoms with van der Waals surface area (Å²) in [5.41, 5.74) is 1.08. The molecular weight excluding hydrogens is 390 g/mol. The van der Waals surface area contributed by atoms with Gasteiger partial charge in [-0.3, -0.25) is 24.6 Å². The molecule has 0 spiro atoms. The Morgan fingerprint density at radius 3 is 2.92 bits per heavy atom. The quantitative estimate of drug-likeness (QED) is 0.516. The molecule has 0 radical (unpaired) electrons. The molecule has 3 rings (SSSR count). The van der Waals surface area contributed by atoms with Crippen LogP contribution in [0.25, 0.3) is 10.9 Å². The van der Waals surface area contributed by atoms with Crippen molar-refractivity contribution >= 4 is 44.1 Å². The predicted octanol–water partition coefficient (Wildman–Crippen LogP) is 3.69. The second-order valence-electron chi connectivity index (χ2n) is 5.34. The van der Waals surface area contributed by atoms with Crippen LogP contribution in [0.1, 0.15) is 19.4 Å². The van der Waals surface area contributed by atoms with Gasteiger partial charge in [-0.2, -0.15) is 5.10 Å². The van der Waals surface area contributed by atoms with Crippen LogP contribution in [0.3, 0.4) is 0 Å². The summed E-state index contributed by atoms with van der Waals surface area (Å²) < 4.78 is 2.19. The number of hydrogen-bond acceptors (Lipinski definition) is 5. The standard InChI is InChI=1S/C16H14BrN5O3/c1-2-14(21-9-10(8-19-21)22(24)25)16(23)20-13-6-5-12(17)11-4-3-7-18-15(11)13/h3-9,14H,2H2,1H3,(H,20,23). The third kappa shape index (κ3) is 3.36. The monoisotopic (exact) mass is 403 g/mol. The molecule has 9 heteroatoms. The van der Waals surface area contributed by atoms with E-state index in [2.05, 4.69) is 31.3 Å². The summed E-state index contributed by atoms with van der Waals surface area (Å²) in [6.45, 7) is 1.82. The number of anilines is 1. The first-order valence-corrected chi connectivity index (χ1v) is 8.33. The van der Waals surface area contributed by atoms with Gasteiger partial charge < -0.3 is 5.32 Å². The highest BCUT2D eigenvalue weighted by Crippen LogP contribution is 2.29. The normalized spacial score (nSPS) is 12.1. The first-order valence-electron chi connectivity index (χ1n) is 7.54. The minimum Gasteiger partial charge on any atom is -0.322 e. The molecule has 1 aromatic carbocycles. The number of rotatable bonds is 5. The van der Waals surface area contributed by atoms with Crippen molar-refractivity contribution in [1.82, 2.24) is 14.8 Å². The van der Waals surface area contributed by atoms with Gasteiger partial charge in [-0.1, -0.05) is 28.9 Å². The van der Waals surface area contributed by atoms with Gasteiger partial charge in [0, 0.05) is 16.1 Å². The molecule has 0 aliphatic heterocycles. The van der Waals surface area contributed by atoms with E-state index in [0.29, 0.717) is 17.6 Å². The second-order valence-corrected chi connectivity index (χ2v) is 6.20. The molecular formula is C16H14BrN5O3. The topological polar surface area (TPSA) is 103 Å². The van der Waals surface area contributed by atoms with Crippen LogP contribution in [0, 0.1) is 10.1 Å². The maximum Gasteiger partial charge on any atom is 0.307 e. The summed E-state index contributed by atoms with van der Waals surface area (Å²) in [6, 6.07) is 6.65. The first kappa shape index (κ1) is 17.0. The van der Waals surface area contributed by atoms with Crippen LogP contribution in [0.15, 0.2) is 47.3 Å². The molecule has 0 aliphatic rings. The van der Waals surface area contributed by atoms with Crippen molar-refractivity contribution < 1.29 is 9.72 Å². The largest absolute Gasteiger partial charge is 0.322 e. The van der Waals surface area contributed by atoms with Crippen LogP contribution in [0.2, 0.25) is 0 Å². The molecule has 2 aromatic heterocycles. The fourth-order valence-corrected chi connectivity index (χ4v) is 2.99. The fraction of sp³-hybridized carbons (Fsp3) is 0.188. The number of halogens is 1. The molecule has 1 amide bonds. The molecule has 0 aliphatic carbocycles. The van der Waals surface area contributed by atoms with E-state index in [1.807, 2.05) is 25.1 Å². The Morgan fingerprint density at radius 2 is 2.24 bits per heavy atom. The zero-order chi connectivity index (χ0) is 18.0. The number of hydrogen-bond donors (Lipinski definition) is 1. The molecule has 8 nitrogen and oxygen atoms in total. The third-order valence-electron chi connectivity index (χ3n) is 3.78. The maximum absolute atomic E-state index is 12.7. The van der Waals surface area contributed by atoms with E-state index >= 15 is 0 Å².